The molecule has 2 heterocycles. The number of carbonyl (C=O) groups excluding carboxylic acids is 2. The number of hydrogen-bond donors (Lipinski definition) is 1. The Labute approximate surface area is 94.6 Å². The van der Waals surface area contributed by atoms with Crippen LogP contribution in [0.5, 0.6) is 0 Å². The van der Waals surface area contributed by atoms with Crippen molar-refractivity contribution in [3.8, 4) is 0 Å². The number of rotatable bonds is 0. The lowest BCUT2D eigenvalue weighted by Crippen LogP contribution is -2.33. The molecule has 0 bridgehead atoms. The lowest BCUT2D eigenvalue weighted by atomic mass is 10.1. The Kier molecular flexibility index (Phi) is 3.54. The number of nitrogens with zero attached hydrogens (tertiary/aromatic N) is 2. The van der Waals surface area contributed by atoms with Gasteiger partial charge < -0.3 is 10.1 Å². The first kappa shape index (κ1) is 13.2. The fourth-order valence-corrected chi connectivity index (χ4v) is 1.70. The number of alkyl halides is 3. The van der Waals surface area contributed by atoms with Gasteiger partial charge in [-0.2, -0.15) is 18.3 Å². The van der Waals surface area contributed by atoms with E-state index in [1.54, 1.807) is 0 Å². The second-order valence-corrected chi connectivity index (χ2v) is 3.30. The van der Waals surface area contributed by atoms with Gasteiger partial charge in [-0.15, -0.1) is 0 Å². The lowest BCUT2D eigenvalue weighted by Gasteiger charge is -2.14. The van der Waals surface area contributed by atoms with E-state index in [1.165, 1.54) is 7.05 Å². The van der Waals surface area contributed by atoms with Crippen LogP contribution in [0.25, 0.3) is 0 Å². The summed E-state index contributed by atoms with van der Waals surface area (Å²) in [5.74, 6) is -0.498. The van der Waals surface area contributed by atoms with Crippen LogP contribution in [-0.4, -0.2) is 29.0 Å². The van der Waals surface area contributed by atoms with Crippen molar-refractivity contribution in [1.82, 2.24) is 15.1 Å². The zero-order valence-corrected chi connectivity index (χ0v) is 8.97. The van der Waals surface area contributed by atoms with Crippen molar-refractivity contribution in [2.45, 2.75) is 12.6 Å². The highest BCUT2D eigenvalue weighted by Crippen LogP contribution is 2.33. The molecule has 0 atom stereocenters. The van der Waals surface area contributed by atoms with Gasteiger partial charge in [0.1, 0.15) is 12.5 Å². The summed E-state index contributed by atoms with van der Waals surface area (Å²) in [6.45, 7) is 2.22. The molecule has 0 radical (unpaired) electrons. The molecule has 1 amide bonds. The van der Waals surface area contributed by atoms with Crippen LogP contribution in [0.15, 0.2) is 0 Å². The van der Waals surface area contributed by atoms with Gasteiger partial charge in [-0.3, -0.25) is 9.48 Å². The smallest absolute Gasteiger partial charge is 0.350 e. The Hall–Kier alpha value is -1.86. The molecule has 8 heteroatoms. The third-order valence-corrected chi connectivity index (χ3v) is 2.29. The Morgan fingerprint density at radius 3 is 2.53 bits per heavy atom. The van der Waals surface area contributed by atoms with Crippen LogP contribution in [0.3, 0.4) is 0 Å². The quantitative estimate of drug-likeness (QED) is 0.729. The normalized spacial score (nSPS) is 14.5. The van der Waals surface area contributed by atoms with E-state index in [0.717, 1.165) is 4.68 Å². The van der Waals surface area contributed by atoms with Crippen LogP contribution in [0.1, 0.15) is 21.7 Å². The van der Waals surface area contributed by atoms with E-state index in [1.807, 2.05) is 6.79 Å². The van der Waals surface area contributed by atoms with Crippen LogP contribution >= 0.6 is 0 Å². The molecule has 1 aliphatic heterocycles. The molecular weight excluding hydrogens is 239 g/mol. The largest absolute Gasteiger partial charge is 0.435 e. The van der Waals surface area contributed by atoms with E-state index in [2.05, 4.69) is 10.4 Å². The van der Waals surface area contributed by atoms with Gasteiger partial charge in [-0.25, -0.2) is 0 Å². The Bertz CT molecular complexity index is 439. The van der Waals surface area contributed by atoms with Gasteiger partial charge >= 0.3 is 6.18 Å². The van der Waals surface area contributed by atoms with Crippen LogP contribution < -0.4 is 5.32 Å². The summed E-state index contributed by atoms with van der Waals surface area (Å²) in [4.78, 5) is 19.3. The summed E-state index contributed by atoms with van der Waals surface area (Å²) in [6, 6.07) is 0. The SMILES string of the molecule is C=O.Cn1nc(C(F)(F)F)c2c1C(=O)NCC2. The van der Waals surface area contributed by atoms with Crippen molar-refractivity contribution < 1.29 is 22.8 Å². The molecule has 5 nitrogen and oxygen atoms in total. The molecule has 1 aromatic heterocycles. The molecule has 17 heavy (non-hydrogen) atoms. The summed E-state index contributed by atoms with van der Waals surface area (Å²) < 4.78 is 38.5. The van der Waals surface area contributed by atoms with E-state index in [-0.39, 0.29) is 24.2 Å². The molecule has 0 aromatic carbocycles. The molecule has 0 saturated heterocycles. The maximum Gasteiger partial charge on any atom is 0.435 e. The number of fused-ring (bicyclic) bond motifs is 1. The summed E-state index contributed by atoms with van der Waals surface area (Å²) in [5, 5.41) is 5.82. The first-order valence-corrected chi connectivity index (χ1v) is 4.61. The van der Waals surface area contributed by atoms with Gasteiger partial charge in [-0.1, -0.05) is 0 Å². The number of hydrogen-bond acceptors (Lipinski definition) is 3. The molecular formula is C9H10F3N3O2. The summed E-state index contributed by atoms with van der Waals surface area (Å²) >= 11 is 0. The Morgan fingerprint density at radius 2 is 2.00 bits per heavy atom. The molecule has 1 aliphatic rings. The van der Waals surface area contributed by atoms with E-state index in [9.17, 15) is 18.0 Å². The van der Waals surface area contributed by atoms with Gasteiger partial charge in [0.15, 0.2) is 5.69 Å². The Balaban J connectivity index is 0.000000686. The minimum atomic E-state index is -4.50. The molecule has 2 rings (SSSR count). The average molecular weight is 249 g/mol. The number of aromatic nitrogens is 2. The van der Waals surface area contributed by atoms with E-state index < -0.39 is 17.8 Å². The fourth-order valence-electron chi connectivity index (χ4n) is 1.70. The molecule has 0 aliphatic carbocycles. The van der Waals surface area contributed by atoms with Crippen molar-refractivity contribution in [2.75, 3.05) is 6.54 Å². The van der Waals surface area contributed by atoms with Gasteiger partial charge in [0.2, 0.25) is 0 Å². The monoisotopic (exact) mass is 249 g/mol. The second-order valence-electron chi connectivity index (χ2n) is 3.30. The van der Waals surface area contributed by atoms with Crippen LogP contribution in [-0.2, 0) is 24.4 Å². The number of halogens is 3. The number of nitrogens with one attached hydrogen (secondary N) is 1. The molecule has 1 N–H and O–H groups in total. The Morgan fingerprint density at radius 1 is 1.41 bits per heavy atom. The predicted molar refractivity (Wildman–Crippen MR) is 51.4 cm³/mol. The first-order chi connectivity index (χ1) is 7.91. The van der Waals surface area contributed by atoms with E-state index >= 15 is 0 Å². The molecule has 0 unspecified atom stereocenters. The molecule has 1 aromatic rings. The van der Waals surface area contributed by atoms with Crippen LogP contribution in [0, 0.1) is 0 Å². The number of carbonyl (C=O) groups is 2. The molecule has 0 fully saturated rings. The van der Waals surface area contributed by atoms with Crippen LogP contribution in [0.4, 0.5) is 13.2 Å². The van der Waals surface area contributed by atoms with Crippen molar-refractivity contribution >= 4 is 12.7 Å². The molecule has 0 saturated carbocycles. The zero-order valence-electron chi connectivity index (χ0n) is 8.97. The van der Waals surface area contributed by atoms with Gasteiger partial charge in [-0.05, 0) is 6.42 Å². The standard InChI is InChI=1S/C8H8F3N3O.CH2O/c1-14-5-4(2-3-12-7(5)15)6(13-14)8(9,10)11;1-2/h2-3H2,1H3,(H,12,15);1H2. The number of amides is 1. The summed E-state index contributed by atoms with van der Waals surface area (Å²) in [7, 11) is 1.33. The summed E-state index contributed by atoms with van der Waals surface area (Å²) in [6.07, 6.45) is -4.33. The number of aryl methyl sites for hydroxylation is 1. The zero-order chi connectivity index (χ0) is 13.2. The van der Waals surface area contributed by atoms with Crippen LogP contribution in [0.2, 0.25) is 0 Å². The van der Waals surface area contributed by atoms with Gasteiger partial charge in [0.05, 0.1) is 0 Å². The summed E-state index contributed by atoms with van der Waals surface area (Å²) in [5.41, 5.74) is -0.947. The third kappa shape index (κ3) is 2.29. The molecule has 0 spiro atoms. The third-order valence-electron chi connectivity index (χ3n) is 2.29. The predicted octanol–water partition coefficient (Wildman–Crippen LogP) is 0.540. The van der Waals surface area contributed by atoms with Crippen molar-refractivity contribution in [1.29, 1.82) is 0 Å². The van der Waals surface area contributed by atoms with Gasteiger partial charge in [0, 0.05) is 19.2 Å². The highest BCUT2D eigenvalue weighted by atomic mass is 19.4. The van der Waals surface area contributed by atoms with Crippen molar-refractivity contribution in [3.63, 3.8) is 0 Å². The lowest BCUT2D eigenvalue weighted by molar-refractivity contribution is -0.142. The maximum absolute atomic E-state index is 12.5. The average Bonchev–Trinajstić information content (AvgIpc) is 2.60. The molecule has 94 valence electrons. The minimum absolute atomic E-state index is 0.00579. The van der Waals surface area contributed by atoms with E-state index in [4.69, 9.17) is 4.79 Å². The topological polar surface area (TPSA) is 64.0 Å². The first-order valence-electron chi connectivity index (χ1n) is 4.61. The van der Waals surface area contributed by atoms with Gasteiger partial charge in [0.25, 0.3) is 5.91 Å². The highest BCUT2D eigenvalue weighted by Gasteiger charge is 2.40. The maximum atomic E-state index is 12.5. The minimum Gasteiger partial charge on any atom is -0.350 e. The van der Waals surface area contributed by atoms with E-state index in [0.29, 0.717) is 0 Å². The van der Waals surface area contributed by atoms with Crippen molar-refractivity contribution in [2.24, 2.45) is 7.05 Å². The highest BCUT2D eigenvalue weighted by molar-refractivity contribution is 5.95. The van der Waals surface area contributed by atoms with Crippen molar-refractivity contribution in [3.05, 3.63) is 17.0 Å². The second kappa shape index (κ2) is 4.56. The fraction of sp³-hybridized carbons (Fsp3) is 0.444.